The first-order valence-corrected chi connectivity index (χ1v) is 11.5. The van der Waals surface area contributed by atoms with E-state index in [0.29, 0.717) is 37.7 Å². The second-order valence-corrected chi connectivity index (χ2v) is 8.13. The van der Waals surface area contributed by atoms with Gasteiger partial charge in [-0.3, -0.25) is 13.9 Å². The molecule has 33 heavy (non-hydrogen) atoms. The maximum absolute atomic E-state index is 12.7. The van der Waals surface area contributed by atoms with E-state index < -0.39 is 0 Å². The first kappa shape index (κ1) is 22.9. The molecule has 1 fully saturated rings. The molecule has 1 saturated heterocycles. The fraction of sp³-hybridized carbons (Fsp3) is 0.440. The summed E-state index contributed by atoms with van der Waals surface area (Å²) in [5, 5.41) is 2.93. The van der Waals surface area contributed by atoms with Crippen molar-refractivity contribution in [1.29, 1.82) is 0 Å². The second-order valence-electron chi connectivity index (χ2n) is 8.13. The van der Waals surface area contributed by atoms with Gasteiger partial charge < -0.3 is 19.5 Å². The van der Waals surface area contributed by atoms with Gasteiger partial charge in [0.15, 0.2) is 11.5 Å². The highest BCUT2D eigenvalue weighted by Gasteiger charge is 2.17. The van der Waals surface area contributed by atoms with Crippen molar-refractivity contribution < 1.29 is 19.0 Å². The summed E-state index contributed by atoms with van der Waals surface area (Å²) in [4.78, 5) is 25.2. The van der Waals surface area contributed by atoms with Gasteiger partial charge in [-0.05, 0) is 49.6 Å². The Morgan fingerprint density at radius 2 is 1.94 bits per heavy atom. The van der Waals surface area contributed by atoms with Crippen molar-refractivity contribution in [2.24, 2.45) is 0 Å². The summed E-state index contributed by atoms with van der Waals surface area (Å²) in [6.07, 6.45) is 2.43. The average molecular weight is 454 g/mol. The van der Waals surface area contributed by atoms with E-state index in [1.807, 2.05) is 49.4 Å². The van der Waals surface area contributed by atoms with Crippen LogP contribution in [-0.2, 0) is 29.2 Å². The standard InChI is InChI=1S/C25H31N3O5/c1-3-27-20-8-4-5-9-21(20)28(25(27)30)13-12-24(29)26-16-18-10-11-22(23(15-18)31-2)33-17-19-7-6-14-32-19/h4-5,8-11,15,19H,3,6-7,12-14,16-17H2,1-2H3,(H,26,29). The Morgan fingerprint density at radius 1 is 1.15 bits per heavy atom. The number of nitrogens with one attached hydrogen (secondary N) is 1. The normalized spacial score (nSPS) is 15.6. The Bertz CT molecular complexity index is 1160. The van der Waals surface area contributed by atoms with Crippen LogP contribution >= 0.6 is 0 Å². The van der Waals surface area contributed by atoms with E-state index in [9.17, 15) is 9.59 Å². The van der Waals surface area contributed by atoms with Crippen LogP contribution in [0, 0.1) is 0 Å². The molecule has 1 amide bonds. The third-order valence-corrected chi connectivity index (χ3v) is 5.97. The number of nitrogens with zero attached hydrogens (tertiary/aromatic N) is 2. The summed E-state index contributed by atoms with van der Waals surface area (Å²) in [6.45, 7) is 4.52. The van der Waals surface area contributed by atoms with Gasteiger partial charge in [-0.25, -0.2) is 4.79 Å². The molecule has 1 aromatic heterocycles. The lowest BCUT2D eigenvalue weighted by Gasteiger charge is -2.15. The zero-order valence-electron chi connectivity index (χ0n) is 19.2. The van der Waals surface area contributed by atoms with Crippen molar-refractivity contribution in [3.63, 3.8) is 0 Å². The van der Waals surface area contributed by atoms with Crippen LogP contribution < -0.4 is 20.5 Å². The second kappa shape index (κ2) is 10.6. The van der Waals surface area contributed by atoms with Crippen LogP contribution in [-0.4, -0.2) is 41.5 Å². The molecule has 0 saturated carbocycles. The molecule has 2 heterocycles. The van der Waals surface area contributed by atoms with E-state index in [1.54, 1.807) is 16.2 Å². The van der Waals surface area contributed by atoms with E-state index in [4.69, 9.17) is 14.2 Å². The highest BCUT2D eigenvalue weighted by molar-refractivity contribution is 5.78. The average Bonchev–Trinajstić information content (AvgIpc) is 3.45. The number of amides is 1. The van der Waals surface area contributed by atoms with Gasteiger partial charge in [-0.1, -0.05) is 18.2 Å². The van der Waals surface area contributed by atoms with E-state index >= 15 is 0 Å². The van der Waals surface area contributed by atoms with Gasteiger partial charge in [0.05, 0.1) is 24.2 Å². The van der Waals surface area contributed by atoms with Crippen molar-refractivity contribution in [3.05, 3.63) is 58.5 Å². The number of methoxy groups -OCH3 is 1. The van der Waals surface area contributed by atoms with Gasteiger partial charge in [-0.2, -0.15) is 0 Å². The van der Waals surface area contributed by atoms with Crippen LogP contribution in [0.25, 0.3) is 11.0 Å². The number of imidazole rings is 1. The molecule has 0 aliphatic carbocycles. The van der Waals surface area contributed by atoms with Crippen LogP contribution in [0.4, 0.5) is 0 Å². The van der Waals surface area contributed by atoms with Crippen LogP contribution in [0.15, 0.2) is 47.3 Å². The van der Waals surface area contributed by atoms with Crippen molar-refractivity contribution in [2.75, 3.05) is 20.3 Å². The summed E-state index contributed by atoms with van der Waals surface area (Å²) >= 11 is 0. The Balaban J connectivity index is 1.33. The number of rotatable bonds is 10. The molecule has 176 valence electrons. The lowest BCUT2D eigenvalue weighted by molar-refractivity contribution is -0.121. The molecule has 1 unspecified atom stereocenters. The smallest absolute Gasteiger partial charge is 0.329 e. The molecule has 1 aliphatic heterocycles. The molecular weight excluding hydrogens is 422 g/mol. The minimum absolute atomic E-state index is 0.0881. The van der Waals surface area contributed by atoms with E-state index in [-0.39, 0.29) is 24.1 Å². The quantitative estimate of drug-likeness (QED) is 0.510. The number of fused-ring (bicyclic) bond motifs is 1. The first-order valence-electron chi connectivity index (χ1n) is 11.5. The largest absolute Gasteiger partial charge is 0.493 e. The highest BCUT2D eigenvalue weighted by atomic mass is 16.5. The Kier molecular flexibility index (Phi) is 7.34. The molecule has 8 nitrogen and oxygen atoms in total. The Hall–Kier alpha value is -3.26. The summed E-state index contributed by atoms with van der Waals surface area (Å²) in [6, 6.07) is 13.3. The molecule has 8 heteroatoms. The number of carbonyl (C=O) groups is 1. The lowest BCUT2D eigenvalue weighted by atomic mass is 10.2. The molecule has 3 aromatic rings. The summed E-state index contributed by atoms with van der Waals surface area (Å²) in [5.41, 5.74) is 2.55. The monoisotopic (exact) mass is 453 g/mol. The minimum atomic E-state index is -0.118. The number of hydrogen-bond acceptors (Lipinski definition) is 5. The topological polar surface area (TPSA) is 83.7 Å². The predicted octanol–water partition coefficient (Wildman–Crippen LogP) is 3.10. The van der Waals surface area contributed by atoms with Crippen molar-refractivity contribution in [2.45, 2.75) is 51.9 Å². The molecular formula is C25H31N3O5. The van der Waals surface area contributed by atoms with Crippen LogP contribution in [0.5, 0.6) is 11.5 Å². The molecule has 2 aromatic carbocycles. The first-order chi connectivity index (χ1) is 16.1. The maximum Gasteiger partial charge on any atom is 0.329 e. The number of benzene rings is 2. The van der Waals surface area contributed by atoms with Crippen LogP contribution in [0.1, 0.15) is 31.7 Å². The van der Waals surface area contributed by atoms with Crippen molar-refractivity contribution >= 4 is 16.9 Å². The Labute approximate surface area is 193 Å². The van der Waals surface area contributed by atoms with Crippen LogP contribution in [0.2, 0.25) is 0 Å². The molecule has 0 spiro atoms. The third kappa shape index (κ3) is 5.22. The maximum atomic E-state index is 12.7. The molecule has 1 aliphatic rings. The fourth-order valence-electron chi connectivity index (χ4n) is 4.20. The summed E-state index contributed by atoms with van der Waals surface area (Å²) < 4.78 is 20.3. The number of aryl methyl sites for hydroxylation is 2. The van der Waals surface area contributed by atoms with Crippen molar-refractivity contribution in [1.82, 2.24) is 14.5 Å². The molecule has 4 rings (SSSR count). The molecule has 0 bridgehead atoms. The summed E-state index contributed by atoms with van der Waals surface area (Å²) in [7, 11) is 1.60. The molecule has 1 atom stereocenters. The minimum Gasteiger partial charge on any atom is -0.493 e. The van der Waals surface area contributed by atoms with E-state index in [1.165, 1.54) is 0 Å². The van der Waals surface area contributed by atoms with Gasteiger partial charge in [0.2, 0.25) is 5.91 Å². The number of aromatic nitrogens is 2. The number of hydrogen-bond donors (Lipinski definition) is 1. The van der Waals surface area contributed by atoms with E-state index in [2.05, 4.69) is 5.32 Å². The third-order valence-electron chi connectivity index (χ3n) is 5.97. The highest BCUT2D eigenvalue weighted by Crippen LogP contribution is 2.29. The van der Waals surface area contributed by atoms with Gasteiger partial charge in [0, 0.05) is 32.7 Å². The number of carbonyl (C=O) groups excluding carboxylic acids is 1. The zero-order chi connectivity index (χ0) is 23.2. The SMILES string of the molecule is CCn1c(=O)n(CCC(=O)NCc2ccc(OCC3CCCO3)c(OC)c2)c2ccccc21. The van der Waals surface area contributed by atoms with Gasteiger partial charge in [0.1, 0.15) is 6.61 Å². The zero-order valence-corrected chi connectivity index (χ0v) is 19.2. The van der Waals surface area contributed by atoms with Gasteiger partial charge >= 0.3 is 5.69 Å². The fourth-order valence-corrected chi connectivity index (χ4v) is 4.20. The number of ether oxygens (including phenoxy) is 3. The lowest BCUT2D eigenvalue weighted by Crippen LogP contribution is -2.28. The molecule has 0 radical (unpaired) electrons. The van der Waals surface area contributed by atoms with Crippen LogP contribution in [0.3, 0.4) is 0 Å². The van der Waals surface area contributed by atoms with Gasteiger partial charge in [0.25, 0.3) is 0 Å². The van der Waals surface area contributed by atoms with E-state index in [0.717, 1.165) is 36.0 Å². The van der Waals surface area contributed by atoms with Crippen molar-refractivity contribution in [3.8, 4) is 11.5 Å². The Morgan fingerprint density at radius 3 is 2.64 bits per heavy atom. The summed E-state index contributed by atoms with van der Waals surface area (Å²) in [5.74, 6) is 1.17. The predicted molar refractivity (Wildman–Crippen MR) is 126 cm³/mol. The van der Waals surface area contributed by atoms with Gasteiger partial charge in [-0.15, -0.1) is 0 Å². The molecule has 1 N–H and O–H groups in total. The number of para-hydroxylation sites is 2.